The monoisotopic (exact) mass is 305 g/mol. The molecule has 0 spiro atoms. The van der Waals surface area contributed by atoms with Crippen molar-refractivity contribution in [3.8, 4) is 0 Å². The minimum absolute atomic E-state index is 0.247. The molecule has 0 amide bonds. The highest BCUT2D eigenvalue weighted by atomic mass is 32.2. The van der Waals surface area contributed by atoms with Gasteiger partial charge in [0, 0.05) is 7.05 Å². The maximum atomic E-state index is 11.3. The van der Waals surface area contributed by atoms with Gasteiger partial charge in [-0.3, -0.25) is 4.68 Å². The number of rotatable bonds is 3. The molecule has 0 atom stereocenters. The summed E-state index contributed by atoms with van der Waals surface area (Å²) in [7, 11) is 1.75. The fraction of sp³-hybridized carbons (Fsp3) is 0.154. The smallest absolute Gasteiger partial charge is 0.340 e. The summed E-state index contributed by atoms with van der Waals surface area (Å²) in [5.41, 5.74) is 1.69. The lowest BCUT2D eigenvalue weighted by molar-refractivity contribution is 0.0692. The van der Waals surface area contributed by atoms with Gasteiger partial charge in [0.2, 0.25) is 0 Å². The number of carboxylic acids is 1. The lowest BCUT2D eigenvalue weighted by Gasteiger charge is -2.00. The highest BCUT2D eigenvalue weighted by molar-refractivity contribution is 8.01. The van der Waals surface area contributed by atoms with Crippen LogP contribution >= 0.6 is 23.1 Å². The van der Waals surface area contributed by atoms with Crippen LogP contribution in [0.3, 0.4) is 0 Å². The van der Waals surface area contributed by atoms with E-state index < -0.39 is 5.97 Å². The molecule has 0 fully saturated rings. The largest absolute Gasteiger partial charge is 0.478 e. The molecule has 0 aliphatic carbocycles. The van der Waals surface area contributed by atoms with Crippen LogP contribution in [0.5, 0.6) is 0 Å². The maximum Gasteiger partial charge on any atom is 0.340 e. The van der Waals surface area contributed by atoms with Crippen LogP contribution in [0.2, 0.25) is 0 Å². The van der Waals surface area contributed by atoms with Gasteiger partial charge in [0.25, 0.3) is 0 Å². The van der Waals surface area contributed by atoms with Crippen molar-refractivity contribution in [3.05, 3.63) is 35.5 Å². The number of aromatic nitrogens is 3. The molecular formula is C13H11N3O2S2. The summed E-state index contributed by atoms with van der Waals surface area (Å²) in [6.07, 6.45) is 0. The molecule has 2 aromatic heterocycles. The number of benzene rings is 1. The molecule has 20 heavy (non-hydrogen) atoms. The number of hydrogen-bond acceptors (Lipinski definition) is 5. The zero-order valence-electron chi connectivity index (χ0n) is 10.8. The first-order valence-corrected chi connectivity index (χ1v) is 7.50. The average Bonchev–Trinajstić information content (AvgIpc) is 2.90. The number of aryl methyl sites for hydroxylation is 2. The number of fused-ring (bicyclic) bond motifs is 1. The zero-order valence-corrected chi connectivity index (χ0v) is 12.5. The molecule has 0 bridgehead atoms. The second-order valence-corrected chi connectivity index (χ2v) is 6.51. The molecule has 0 saturated carbocycles. The minimum Gasteiger partial charge on any atom is -0.478 e. The Morgan fingerprint density at radius 3 is 2.85 bits per heavy atom. The molecule has 1 N–H and O–H groups in total. The van der Waals surface area contributed by atoms with Gasteiger partial charge in [0.05, 0.1) is 15.9 Å². The molecular weight excluding hydrogens is 294 g/mol. The Balaban J connectivity index is 2.04. The van der Waals surface area contributed by atoms with Crippen molar-refractivity contribution in [1.82, 2.24) is 14.8 Å². The van der Waals surface area contributed by atoms with E-state index in [0.717, 1.165) is 14.6 Å². The lowest BCUT2D eigenvalue weighted by Crippen LogP contribution is -2.00. The molecule has 0 saturated heterocycles. The topological polar surface area (TPSA) is 68.0 Å². The summed E-state index contributed by atoms with van der Waals surface area (Å²) >= 11 is 2.89. The molecule has 0 aliphatic rings. The highest BCUT2D eigenvalue weighted by Crippen LogP contribution is 2.36. The number of carbonyl (C=O) groups is 1. The van der Waals surface area contributed by atoms with E-state index >= 15 is 0 Å². The predicted octanol–water partition coefficient (Wildman–Crippen LogP) is 3.19. The number of carboxylic acid groups (broad SMARTS) is 1. The molecule has 3 rings (SSSR count). The summed E-state index contributed by atoms with van der Waals surface area (Å²) in [4.78, 5) is 15.8. The van der Waals surface area contributed by atoms with Crippen LogP contribution in [0.25, 0.3) is 10.2 Å². The second-order valence-electron chi connectivity index (χ2n) is 4.24. The van der Waals surface area contributed by atoms with Crippen molar-refractivity contribution < 1.29 is 9.90 Å². The van der Waals surface area contributed by atoms with Crippen LogP contribution in [-0.2, 0) is 7.05 Å². The fourth-order valence-corrected chi connectivity index (χ4v) is 4.17. The lowest BCUT2D eigenvalue weighted by atomic mass is 10.3. The third kappa shape index (κ3) is 2.19. The summed E-state index contributed by atoms with van der Waals surface area (Å²) in [6.45, 7) is 1.70. The van der Waals surface area contributed by atoms with Crippen LogP contribution in [0.15, 0.2) is 33.6 Å². The highest BCUT2D eigenvalue weighted by Gasteiger charge is 2.21. The first kappa shape index (κ1) is 13.1. The van der Waals surface area contributed by atoms with E-state index in [-0.39, 0.29) is 5.56 Å². The normalized spacial score (nSPS) is 11.1. The van der Waals surface area contributed by atoms with Crippen molar-refractivity contribution in [3.63, 3.8) is 0 Å². The molecule has 2 heterocycles. The van der Waals surface area contributed by atoms with Gasteiger partial charge in [0.1, 0.15) is 10.6 Å². The van der Waals surface area contributed by atoms with Gasteiger partial charge in [-0.25, -0.2) is 9.78 Å². The number of aromatic carboxylic acids is 1. The van der Waals surface area contributed by atoms with Gasteiger partial charge in [-0.2, -0.15) is 5.10 Å². The van der Waals surface area contributed by atoms with Crippen molar-refractivity contribution in [2.75, 3.05) is 0 Å². The molecule has 3 aromatic rings. The molecule has 0 unspecified atom stereocenters. The molecule has 7 heteroatoms. The molecule has 1 aromatic carbocycles. The summed E-state index contributed by atoms with van der Waals surface area (Å²) in [5, 5.41) is 14.1. The second kappa shape index (κ2) is 4.92. The van der Waals surface area contributed by atoms with Gasteiger partial charge in [-0.05, 0) is 30.8 Å². The summed E-state index contributed by atoms with van der Waals surface area (Å²) in [6, 6.07) is 7.85. The van der Waals surface area contributed by atoms with Crippen molar-refractivity contribution in [2.45, 2.75) is 16.3 Å². The first-order chi connectivity index (χ1) is 9.56. The van der Waals surface area contributed by atoms with Crippen LogP contribution < -0.4 is 0 Å². The van der Waals surface area contributed by atoms with E-state index in [1.165, 1.54) is 11.8 Å². The van der Waals surface area contributed by atoms with Gasteiger partial charge in [-0.1, -0.05) is 12.1 Å². The van der Waals surface area contributed by atoms with Crippen LogP contribution in [-0.4, -0.2) is 25.8 Å². The van der Waals surface area contributed by atoms with E-state index in [1.54, 1.807) is 30.0 Å². The number of nitrogens with zero attached hydrogens (tertiary/aromatic N) is 3. The average molecular weight is 305 g/mol. The number of thiazole rings is 1. The van der Waals surface area contributed by atoms with E-state index in [4.69, 9.17) is 0 Å². The SMILES string of the molecule is Cc1nn(C)c(Sc2nc3ccccc3s2)c1C(=O)O. The quantitative estimate of drug-likeness (QED) is 0.805. The first-order valence-electron chi connectivity index (χ1n) is 5.86. The van der Waals surface area contributed by atoms with Gasteiger partial charge in [0.15, 0.2) is 4.34 Å². The van der Waals surface area contributed by atoms with E-state index in [0.29, 0.717) is 10.7 Å². The van der Waals surface area contributed by atoms with E-state index in [2.05, 4.69) is 10.1 Å². The van der Waals surface area contributed by atoms with Gasteiger partial charge >= 0.3 is 5.97 Å². The molecule has 102 valence electrons. The molecule has 0 radical (unpaired) electrons. The Morgan fingerprint density at radius 1 is 1.40 bits per heavy atom. The maximum absolute atomic E-state index is 11.3. The third-order valence-electron chi connectivity index (χ3n) is 2.84. The fourth-order valence-electron chi connectivity index (χ4n) is 1.98. The third-order valence-corrected chi connectivity index (χ3v) is 5.10. The predicted molar refractivity (Wildman–Crippen MR) is 78.6 cm³/mol. The molecule has 5 nitrogen and oxygen atoms in total. The van der Waals surface area contributed by atoms with Crippen LogP contribution in [0.4, 0.5) is 0 Å². The summed E-state index contributed by atoms with van der Waals surface area (Å²) in [5.74, 6) is -0.959. The standard InChI is InChI=1S/C13H11N3O2S2/c1-7-10(12(17)18)11(16(2)15-7)20-13-14-8-5-3-4-6-9(8)19-13/h3-6H,1-2H3,(H,17,18). The summed E-state index contributed by atoms with van der Waals surface area (Å²) < 4.78 is 3.50. The van der Waals surface area contributed by atoms with Gasteiger partial charge < -0.3 is 5.11 Å². The Morgan fingerprint density at radius 2 is 2.15 bits per heavy atom. The minimum atomic E-state index is -0.959. The Hall–Kier alpha value is -1.86. The van der Waals surface area contributed by atoms with Crippen molar-refractivity contribution in [2.24, 2.45) is 7.05 Å². The zero-order chi connectivity index (χ0) is 14.3. The van der Waals surface area contributed by atoms with E-state index in [9.17, 15) is 9.90 Å². The Bertz CT molecular complexity index is 774. The molecule has 0 aliphatic heterocycles. The van der Waals surface area contributed by atoms with Crippen molar-refractivity contribution in [1.29, 1.82) is 0 Å². The van der Waals surface area contributed by atoms with E-state index in [1.807, 2.05) is 24.3 Å². The number of para-hydroxylation sites is 1. The van der Waals surface area contributed by atoms with Gasteiger partial charge in [-0.15, -0.1) is 11.3 Å². The Kier molecular flexibility index (Phi) is 3.23. The van der Waals surface area contributed by atoms with Crippen molar-refractivity contribution >= 4 is 39.3 Å². The van der Waals surface area contributed by atoms with Crippen LogP contribution in [0.1, 0.15) is 16.1 Å². The van der Waals surface area contributed by atoms with Crippen LogP contribution in [0, 0.1) is 6.92 Å². The Labute approximate surface area is 123 Å². The number of hydrogen-bond donors (Lipinski definition) is 1.